The molecule has 2 heteroatoms. The fourth-order valence-corrected chi connectivity index (χ4v) is 0.463. The highest BCUT2D eigenvalue weighted by molar-refractivity contribution is 6.17. The molecule has 0 aromatic rings. The molecular formula is C4H10ClN. The van der Waals surface area contributed by atoms with E-state index in [0.29, 0.717) is 12.0 Å². The summed E-state index contributed by atoms with van der Waals surface area (Å²) in [6, 6.07) is 1.07. The van der Waals surface area contributed by atoms with Gasteiger partial charge in [0, 0.05) is 6.04 Å². The Morgan fingerprint density at radius 2 is 2.17 bits per heavy atom. The molecule has 0 unspecified atom stereocenters. The maximum Gasteiger partial charge on any atom is 0.0715 e. The minimum atomic E-state index is 0.516. The van der Waals surface area contributed by atoms with Crippen molar-refractivity contribution in [3.05, 3.63) is 0 Å². The Morgan fingerprint density at radius 3 is 2.17 bits per heavy atom. The molecule has 38 valence electrons. The molecule has 0 heterocycles. The first kappa shape index (κ1) is 6.25. The number of halogens is 1. The zero-order chi connectivity index (χ0) is 4.99. The average molecular weight is 108 g/mol. The molecule has 0 aromatic heterocycles. The largest absolute Gasteiger partial charge is 0.302 e. The lowest BCUT2D eigenvalue weighted by atomic mass is 10.4. The molecule has 0 radical (unpaired) electrons. The Hall–Kier alpha value is 0.250. The molecule has 6 heavy (non-hydrogen) atoms. The Kier molecular flexibility index (Phi) is 3.58. The van der Waals surface area contributed by atoms with Crippen LogP contribution >= 0.6 is 11.6 Å². The van der Waals surface area contributed by atoms with E-state index in [0.717, 1.165) is 0 Å². The lowest BCUT2D eigenvalue weighted by Crippen LogP contribution is -2.20. The summed E-state index contributed by atoms with van der Waals surface area (Å²) in [6.07, 6.45) is 0. The van der Waals surface area contributed by atoms with E-state index in [-0.39, 0.29) is 0 Å². The quantitative estimate of drug-likeness (QED) is 0.413. The van der Waals surface area contributed by atoms with Gasteiger partial charge >= 0.3 is 0 Å². The maximum absolute atomic E-state index is 5.29. The van der Waals surface area contributed by atoms with E-state index in [4.69, 9.17) is 11.6 Å². The summed E-state index contributed by atoms with van der Waals surface area (Å²) >= 11 is 5.29. The maximum atomic E-state index is 5.29. The number of hydrogen-bond acceptors (Lipinski definition) is 1. The van der Waals surface area contributed by atoms with E-state index in [2.05, 4.69) is 19.2 Å². The van der Waals surface area contributed by atoms with Gasteiger partial charge in [-0.1, -0.05) is 0 Å². The molecule has 0 aliphatic carbocycles. The zero-order valence-corrected chi connectivity index (χ0v) is 4.92. The molecule has 0 aromatic carbocycles. The van der Waals surface area contributed by atoms with Gasteiger partial charge in [0.05, 0.1) is 6.00 Å². The van der Waals surface area contributed by atoms with E-state index in [1.807, 2.05) is 0 Å². The molecule has 1 N–H and O–H groups in total. The highest BCUT2D eigenvalue weighted by atomic mass is 35.5. The normalized spacial score (nSPS) is 10.0. The van der Waals surface area contributed by atoms with Crippen LogP contribution in [0.5, 0.6) is 0 Å². The summed E-state index contributed by atoms with van der Waals surface area (Å²) in [5.41, 5.74) is 0. The molecule has 0 fully saturated rings. The standard InChI is InChI=1S/C4H10ClN/c1-4(2)6-3-5/h4,6H,3H2,1-2H3. The highest BCUT2D eigenvalue weighted by Crippen LogP contribution is 1.74. The van der Waals surface area contributed by atoms with Crippen molar-refractivity contribution in [3.8, 4) is 0 Å². The van der Waals surface area contributed by atoms with E-state index < -0.39 is 0 Å². The van der Waals surface area contributed by atoms with Gasteiger partial charge in [0.1, 0.15) is 0 Å². The van der Waals surface area contributed by atoms with Gasteiger partial charge in [0.15, 0.2) is 0 Å². The first-order valence-corrected chi connectivity index (χ1v) is 2.60. The molecule has 0 saturated heterocycles. The Bertz CT molecular complexity index is 28.7. The molecule has 0 rings (SSSR count). The van der Waals surface area contributed by atoms with Crippen molar-refractivity contribution < 1.29 is 0 Å². The van der Waals surface area contributed by atoms with Crippen LogP contribution in [0.4, 0.5) is 0 Å². The van der Waals surface area contributed by atoms with E-state index in [9.17, 15) is 0 Å². The van der Waals surface area contributed by atoms with Crippen LogP contribution in [0.25, 0.3) is 0 Å². The SMILES string of the molecule is CC(C)NCCl. The average Bonchev–Trinajstić information content (AvgIpc) is 1.35. The van der Waals surface area contributed by atoms with Gasteiger partial charge in [-0.15, -0.1) is 11.6 Å². The topological polar surface area (TPSA) is 12.0 Å². The third kappa shape index (κ3) is 4.25. The monoisotopic (exact) mass is 107 g/mol. The van der Waals surface area contributed by atoms with Crippen LogP contribution in [0, 0.1) is 0 Å². The molecule has 0 amide bonds. The molecule has 1 nitrogen and oxygen atoms in total. The summed E-state index contributed by atoms with van der Waals surface area (Å²) in [5.74, 6) is 0. The number of alkyl halides is 1. The number of nitrogens with one attached hydrogen (secondary N) is 1. The lowest BCUT2D eigenvalue weighted by Gasteiger charge is -1.99. The van der Waals surface area contributed by atoms with E-state index in [1.165, 1.54) is 0 Å². The van der Waals surface area contributed by atoms with Gasteiger partial charge in [-0.2, -0.15) is 0 Å². The molecular weight excluding hydrogens is 97.5 g/mol. The van der Waals surface area contributed by atoms with E-state index >= 15 is 0 Å². The van der Waals surface area contributed by atoms with Crippen LogP contribution in [0.3, 0.4) is 0 Å². The van der Waals surface area contributed by atoms with Crippen molar-refractivity contribution in [1.82, 2.24) is 5.32 Å². The minimum absolute atomic E-state index is 0.516. The summed E-state index contributed by atoms with van der Waals surface area (Å²) in [5, 5.41) is 2.97. The fourth-order valence-electron chi connectivity index (χ4n) is 0.154. The molecule has 0 bridgehead atoms. The van der Waals surface area contributed by atoms with Crippen molar-refractivity contribution in [2.45, 2.75) is 19.9 Å². The van der Waals surface area contributed by atoms with Gasteiger partial charge in [-0.05, 0) is 13.8 Å². The molecule has 0 atom stereocenters. The summed E-state index contributed by atoms with van der Waals surface area (Å²) < 4.78 is 0. The van der Waals surface area contributed by atoms with Crippen molar-refractivity contribution in [3.63, 3.8) is 0 Å². The van der Waals surface area contributed by atoms with Crippen LogP contribution in [0.15, 0.2) is 0 Å². The predicted octanol–water partition coefficient (Wildman–Crippen LogP) is 1.18. The number of rotatable bonds is 2. The Morgan fingerprint density at radius 1 is 1.67 bits per heavy atom. The van der Waals surface area contributed by atoms with Crippen LogP contribution in [-0.4, -0.2) is 12.0 Å². The third-order valence-electron chi connectivity index (χ3n) is 0.485. The van der Waals surface area contributed by atoms with Crippen LogP contribution in [0.2, 0.25) is 0 Å². The van der Waals surface area contributed by atoms with Crippen molar-refractivity contribution in [2.75, 3.05) is 6.00 Å². The van der Waals surface area contributed by atoms with Gasteiger partial charge in [0.25, 0.3) is 0 Å². The fraction of sp³-hybridized carbons (Fsp3) is 1.00. The smallest absolute Gasteiger partial charge is 0.0715 e. The first-order chi connectivity index (χ1) is 2.77. The second-order valence-electron chi connectivity index (χ2n) is 1.49. The van der Waals surface area contributed by atoms with Crippen LogP contribution in [0.1, 0.15) is 13.8 Å². The predicted molar refractivity (Wildman–Crippen MR) is 29.0 cm³/mol. The van der Waals surface area contributed by atoms with E-state index in [1.54, 1.807) is 0 Å². The summed E-state index contributed by atoms with van der Waals surface area (Å²) in [4.78, 5) is 0. The number of hydrogen-bond donors (Lipinski definition) is 1. The minimum Gasteiger partial charge on any atom is -0.302 e. The van der Waals surface area contributed by atoms with Crippen molar-refractivity contribution >= 4 is 11.6 Å². The molecule has 0 saturated carbocycles. The Labute approximate surface area is 43.7 Å². The molecule has 0 spiro atoms. The van der Waals surface area contributed by atoms with Gasteiger partial charge < -0.3 is 5.32 Å². The van der Waals surface area contributed by atoms with Crippen molar-refractivity contribution in [1.29, 1.82) is 0 Å². The van der Waals surface area contributed by atoms with Crippen LogP contribution < -0.4 is 5.32 Å². The lowest BCUT2D eigenvalue weighted by molar-refractivity contribution is 0.651. The van der Waals surface area contributed by atoms with Gasteiger partial charge in [0.2, 0.25) is 0 Å². The summed E-state index contributed by atoms with van der Waals surface area (Å²) in [7, 11) is 0. The second-order valence-corrected chi connectivity index (χ2v) is 1.76. The molecule has 0 aliphatic heterocycles. The van der Waals surface area contributed by atoms with Crippen LogP contribution in [-0.2, 0) is 0 Å². The summed E-state index contributed by atoms with van der Waals surface area (Å²) in [6.45, 7) is 4.12. The van der Waals surface area contributed by atoms with Gasteiger partial charge in [-0.3, -0.25) is 0 Å². The zero-order valence-electron chi connectivity index (χ0n) is 4.16. The molecule has 0 aliphatic rings. The van der Waals surface area contributed by atoms with Gasteiger partial charge in [-0.25, -0.2) is 0 Å². The first-order valence-electron chi connectivity index (χ1n) is 2.06. The second kappa shape index (κ2) is 3.44. The highest BCUT2D eigenvalue weighted by Gasteiger charge is 1.83. The third-order valence-corrected chi connectivity index (χ3v) is 0.640. The Balaban J connectivity index is 2.63. The van der Waals surface area contributed by atoms with Crippen molar-refractivity contribution in [2.24, 2.45) is 0 Å².